The normalized spacial score (nSPS) is 26.0. The van der Waals surface area contributed by atoms with Crippen molar-refractivity contribution in [3.05, 3.63) is 29.8 Å². The van der Waals surface area contributed by atoms with E-state index in [1.54, 1.807) is 12.1 Å². The Morgan fingerprint density at radius 1 is 0.844 bits per heavy atom. The van der Waals surface area contributed by atoms with E-state index in [9.17, 15) is 20.4 Å². The van der Waals surface area contributed by atoms with Crippen molar-refractivity contribution in [1.82, 2.24) is 0 Å². The SMILES string of the molecule is CCCCCCCCCCCCN=Cc1ccc(O[C@@H]2O[C@H](CO)[C@@H](O)[C@H](O)[C@H]2O)cc1. The van der Waals surface area contributed by atoms with E-state index >= 15 is 0 Å². The minimum atomic E-state index is -1.46. The third-order valence-electron chi connectivity index (χ3n) is 5.86. The number of aliphatic imine (C=N–C) groups is 1. The molecular formula is C25H41NO6. The first kappa shape index (κ1) is 26.7. The predicted octanol–water partition coefficient (Wildman–Crippen LogP) is 3.21. The molecule has 1 aromatic carbocycles. The van der Waals surface area contributed by atoms with Gasteiger partial charge < -0.3 is 29.9 Å². The van der Waals surface area contributed by atoms with E-state index in [4.69, 9.17) is 9.47 Å². The number of ether oxygens (including phenoxy) is 2. The fraction of sp³-hybridized carbons (Fsp3) is 0.720. The molecule has 7 nitrogen and oxygen atoms in total. The summed E-state index contributed by atoms with van der Waals surface area (Å²) in [4.78, 5) is 4.49. The largest absolute Gasteiger partial charge is 0.462 e. The topological polar surface area (TPSA) is 112 Å². The maximum atomic E-state index is 10.1. The molecule has 1 aliphatic rings. The number of aliphatic hydroxyl groups excluding tert-OH is 4. The number of hydrogen-bond donors (Lipinski definition) is 4. The summed E-state index contributed by atoms with van der Waals surface area (Å²) in [6.45, 7) is 2.58. The quantitative estimate of drug-likeness (QED) is 0.241. The summed E-state index contributed by atoms with van der Waals surface area (Å²) in [5.41, 5.74) is 0.943. The highest BCUT2D eigenvalue weighted by atomic mass is 16.7. The van der Waals surface area contributed by atoms with Crippen LogP contribution in [0.1, 0.15) is 76.7 Å². The Balaban J connectivity index is 1.63. The van der Waals surface area contributed by atoms with E-state index in [2.05, 4.69) is 11.9 Å². The van der Waals surface area contributed by atoms with Crippen LogP contribution in [0.25, 0.3) is 0 Å². The highest BCUT2D eigenvalue weighted by Crippen LogP contribution is 2.24. The van der Waals surface area contributed by atoms with Gasteiger partial charge in [0.15, 0.2) is 0 Å². The molecule has 1 aromatic rings. The highest BCUT2D eigenvalue weighted by molar-refractivity contribution is 5.79. The second-order valence-corrected chi connectivity index (χ2v) is 8.60. The van der Waals surface area contributed by atoms with Crippen LogP contribution in [-0.4, -0.2) is 70.5 Å². The zero-order valence-electron chi connectivity index (χ0n) is 19.3. The van der Waals surface area contributed by atoms with Gasteiger partial charge in [-0.25, -0.2) is 0 Å². The van der Waals surface area contributed by atoms with Gasteiger partial charge in [-0.3, -0.25) is 4.99 Å². The lowest BCUT2D eigenvalue weighted by Crippen LogP contribution is -2.60. The molecule has 0 unspecified atom stereocenters. The lowest BCUT2D eigenvalue weighted by molar-refractivity contribution is -0.277. The van der Waals surface area contributed by atoms with Crippen molar-refractivity contribution in [3.63, 3.8) is 0 Å². The van der Waals surface area contributed by atoms with Gasteiger partial charge in [-0.15, -0.1) is 0 Å². The molecule has 1 aliphatic heterocycles. The zero-order chi connectivity index (χ0) is 23.2. The Hall–Kier alpha value is -1.51. The van der Waals surface area contributed by atoms with Crippen LogP contribution >= 0.6 is 0 Å². The van der Waals surface area contributed by atoms with Gasteiger partial charge >= 0.3 is 0 Å². The van der Waals surface area contributed by atoms with Gasteiger partial charge in [0.2, 0.25) is 6.29 Å². The molecular weight excluding hydrogens is 410 g/mol. The van der Waals surface area contributed by atoms with E-state index in [-0.39, 0.29) is 0 Å². The minimum Gasteiger partial charge on any atom is -0.462 e. The smallest absolute Gasteiger partial charge is 0.229 e. The third-order valence-corrected chi connectivity index (χ3v) is 5.86. The molecule has 1 saturated heterocycles. The molecule has 1 heterocycles. The summed E-state index contributed by atoms with van der Waals surface area (Å²) in [6, 6.07) is 7.15. The van der Waals surface area contributed by atoms with Crippen molar-refractivity contribution >= 4 is 6.21 Å². The molecule has 0 spiro atoms. The van der Waals surface area contributed by atoms with Gasteiger partial charge in [0, 0.05) is 12.8 Å². The average Bonchev–Trinajstić information content (AvgIpc) is 2.81. The number of aliphatic hydroxyl groups is 4. The first-order valence-electron chi connectivity index (χ1n) is 12.1. The molecule has 0 amide bonds. The monoisotopic (exact) mass is 451 g/mol. The molecule has 0 aliphatic carbocycles. The van der Waals surface area contributed by atoms with Crippen molar-refractivity contribution in [2.75, 3.05) is 13.2 Å². The average molecular weight is 452 g/mol. The van der Waals surface area contributed by atoms with Crippen molar-refractivity contribution < 1.29 is 29.9 Å². The number of hydrogen-bond acceptors (Lipinski definition) is 7. The molecule has 7 heteroatoms. The van der Waals surface area contributed by atoms with Crippen LogP contribution in [0.3, 0.4) is 0 Å². The molecule has 0 bridgehead atoms. The second kappa shape index (κ2) is 15.3. The van der Waals surface area contributed by atoms with Crippen LogP contribution in [0.2, 0.25) is 0 Å². The lowest BCUT2D eigenvalue weighted by Gasteiger charge is -2.39. The fourth-order valence-electron chi connectivity index (χ4n) is 3.79. The lowest BCUT2D eigenvalue weighted by atomic mass is 9.99. The molecule has 4 N–H and O–H groups in total. The number of unbranched alkanes of at least 4 members (excludes halogenated alkanes) is 9. The van der Waals surface area contributed by atoms with Crippen LogP contribution in [0.4, 0.5) is 0 Å². The first-order chi connectivity index (χ1) is 15.6. The highest BCUT2D eigenvalue weighted by Gasteiger charge is 2.44. The Morgan fingerprint density at radius 3 is 2.03 bits per heavy atom. The maximum Gasteiger partial charge on any atom is 0.229 e. The summed E-state index contributed by atoms with van der Waals surface area (Å²) in [5, 5.41) is 39.0. The van der Waals surface area contributed by atoms with Gasteiger partial charge in [0.25, 0.3) is 0 Å². The summed E-state index contributed by atoms with van der Waals surface area (Å²) in [7, 11) is 0. The predicted molar refractivity (Wildman–Crippen MR) is 125 cm³/mol. The summed E-state index contributed by atoms with van der Waals surface area (Å²) >= 11 is 0. The van der Waals surface area contributed by atoms with E-state index in [1.807, 2.05) is 18.3 Å². The standard InChI is InChI=1S/C25H41NO6/c1-2-3-4-5-6-7-8-9-10-11-16-26-17-19-12-14-20(15-13-19)31-25-24(30)23(29)22(28)21(18-27)32-25/h12-15,17,21-25,27-30H,2-11,16,18H2,1H3/t21-,22-,23+,24-,25-/m1/s1. The Kier molecular flexibility index (Phi) is 12.8. The van der Waals surface area contributed by atoms with E-state index in [1.165, 1.54) is 57.8 Å². The van der Waals surface area contributed by atoms with Crippen LogP contribution in [0.15, 0.2) is 29.3 Å². The van der Waals surface area contributed by atoms with Gasteiger partial charge in [-0.05, 0) is 36.2 Å². The summed E-state index contributed by atoms with van der Waals surface area (Å²) < 4.78 is 10.9. The summed E-state index contributed by atoms with van der Waals surface area (Å²) in [5.74, 6) is 0.446. The van der Waals surface area contributed by atoms with Gasteiger partial charge in [0.1, 0.15) is 30.2 Å². The minimum absolute atomic E-state index is 0.446. The second-order valence-electron chi connectivity index (χ2n) is 8.60. The molecule has 0 saturated carbocycles. The van der Waals surface area contributed by atoms with Gasteiger partial charge in [-0.1, -0.05) is 64.7 Å². The fourth-order valence-corrected chi connectivity index (χ4v) is 3.79. The maximum absolute atomic E-state index is 10.1. The van der Waals surface area contributed by atoms with Crippen LogP contribution in [-0.2, 0) is 4.74 Å². The van der Waals surface area contributed by atoms with Crippen molar-refractivity contribution in [2.24, 2.45) is 4.99 Å². The van der Waals surface area contributed by atoms with Crippen molar-refractivity contribution in [3.8, 4) is 5.75 Å². The zero-order valence-corrected chi connectivity index (χ0v) is 19.3. The Labute approximate surface area is 192 Å². The number of nitrogens with zero attached hydrogens (tertiary/aromatic N) is 1. The first-order valence-corrected chi connectivity index (χ1v) is 12.1. The van der Waals surface area contributed by atoms with Crippen LogP contribution in [0.5, 0.6) is 5.75 Å². The van der Waals surface area contributed by atoms with Gasteiger partial charge in [-0.2, -0.15) is 0 Å². The van der Waals surface area contributed by atoms with E-state index in [0.29, 0.717) is 5.75 Å². The molecule has 2 rings (SSSR count). The molecule has 5 atom stereocenters. The van der Waals surface area contributed by atoms with E-state index < -0.39 is 37.3 Å². The molecule has 0 aromatic heterocycles. The number of rotatable bonds is 15. The van der Waals surface area contributed by atoms with Crippen molar-refractivity contribution in [1.29, 1.82) is 0 Å². The Morgan fingerprint density at radius 2 is 1.44 bits per heavy atom. The van der Waals surface area contributed by atoms with Crippen molar-refractivity contribution in [2.45, 2.75) is 102 Å². The third kappa shape index (κ3) is 9.16. The molecule has 182 valence electrons. The number of benzene rings is 1. The van der Waals surface area contributed by atoms with Crippen LogP contribution < -0.4 is 4.74 Å². The summed E-state index contributed by atoms with van der Waals surface area (Å²) in [6.07, 6.45) is 8.48. The molecule has 1 fully saturated rings. The van der Waals surface area contributed by atoms with Crippen LogP contribution in [0, 0.1) is 0 Å². The molecule has 0 radical (unpaired) electrons. The molecule has 32 heavy (non-hydrogen) atoms. The Bertz CT molecular complexity index is 636. The van der Waals surface area contributed by atoms with Gasteiger partial charge in [0.05, 0.1) is 6.61 Å². The van der Waals surface area contributed by atoms with E-state index in [0.717, 1.165) is 18.5 Å².